The van der Waals surface area contributed by atoms with Gasteiger partial charge in [0.05, 0.1) is 15.2 Å². The van der Waals surface area contributed by atoms with Gasteiger partial charge in [-0.05, 0) is 37.1 Å². The lowest BCUT2D eigenvalue weighted by Gasteiger charge is -2.34. The first-order valence-electron chi connectivity index (χ1n) is 10.5. The number of benzene rings is 2. The Hall–Kier alpha value is -2.80. The number of amides is 1. The molecule has 0 bridgehead atoms. The standard InChI is InChI=1S/C23H25N3O3S/c27-23(10-9-22-25-18-5-1-2-6-21(18)30-22)26-11-3-4-17(15-26)24-16-7-8-19-20(14-16)29-13-12-28-19/h1-2,5-8,14,17,24H,3-4,9-13,15H2/t17-/m1/s1. The number of carbonyl (C=O) groups is 1. The molecule has 6 nitrogen and oxygen atoms in total. The number of para-hydroxylation sites is 1. The lowest BCUT2D eigenvalue weighted by atomic mass is 10.0. The predicted molar refractivity (Wildman–Crippen MR) is 119 cm³/mol. The van der Waals surface area contributed by atoms with Crippen LogP contribution in [0.3, 0.4) is 0 Å². The van der Waals surface area contributed by atoms with Crippen LogP contribution in [0.1, 0.15) is 24.3 Å². The second-order valence-corrected chi connectivity index (χ2v) is 8.87. The van der Waals surface area contributed by atoms with Crippen LogP contribution < -0.4 is 14.8 Å². The van der Waals surface area contributed by atoms with Gasteiger partial charge in [0.1, 0.15) is 13.2 Å². The highest BCUT2D eigenvalue weighted by molar-refractivity contribution is 7.18. The van der Waals surface area contributed by atoms with E-state index in [9.17, 15) is 4.79 Å². The second kappa shape index (κ2) is 8.52. The Kier molecular flexibility index (Phi) is 5.45. The minimum Gasteiger partial charge on any atom is -0.486 e. The van der Waals surface area contributed by atoms with E-state index in [1.807, 2.05) is 41.3 Å². The zero-order chi connectivity index (χ0) is 20.3. The van der Waals surface area contributed by atoms with Crippen LogP contribution in [0.15, 0.2) is 42.5 Å². The van der Waals surface area contributed by atoms with Crippen LogP contribution in [0.4, 0.5) is 5.69 Å². The van der Waals surface area contributed by atoms with Crippen LogP contribution in [-0.2, 0) is 11.2 Å². The molecule has 156 valence electrons. The number of aryl methyl sites for hydroxylation is 1. The van der Waals surface area contributed by atoms with Crippen LogP contribution >= 0.6 is 11.3 Å². The number of ether oxygens (including phenoxy) is 2. The van der Waals surface area contributed by atoms with Crippen molar-refractivity contribution in [3.63, 3.8) is 0 Å². The first-order valence-corrected chi connectivity index (χ1v) is 11.3. The highest BCUT2D eigenvalue weighted by Gasteiger charge is 2.24. The summed E-state index contributed by atoms with van der Waals surface area (Å²) in [5.74, 6) is 1.79. The van der Waals surface area contributed by atoms with Gasteiger partial charge in [0.2, 0.25) is 5.91 Å². The molecule has 1 N–H and O–H groups in total. The van der Waals surface area contributed by atoms with Gasteiger partial charge in [-0.2, -0.15) is 0 Å². The molecule has 5 rings (SSSR count). The van der Waals surface area contributed by atoms with E-state index in [4.69, 9.17) is 9.47 Å². The molecule has 1 saturated heterocycles. The first kappa shape index (κ1) is 19.2. The minimum atomic E-state index is 0.211. The second-order valence-electron chi connectivity index (χ2n) is 7.76. The van der Waals surface area contributed by atoms with Gasteiger partial charge < -0.3 is 19.7 Å². The van der Waals surface area contributed by atoms with Gasteiger partial charge in [0.15, 0.2) is 11.5 Å². The van der Waals surface area contributed by atoms with Gasteiger partial charge in [-0.3, -0.25) is 4.79 Å². The van der Waals surface area contributed by atoms with Crippen molar-refractivity contribution in [1.82, 2.24) is 9.88 Å². The fourth-order valence-corrected chi connectivity index (χ4v) is 5.06. The van der Waals surface area contributed by atoms with Crippen molar-refractivity contribution in [2.45, 2.75) is 31.7 Å². The van der Waals surface area contributed by atoms with Gasteiger partial charge in [-0.15, -0.1) is 11.3 Å². The number of anilines is 1. The number of hydrogen-bond donors (Lipinski definition) is 1. The molecule has 0 saturated carbocycles. The Labute approximate surface area is 179 Å². The van der Waals surface area contributed by atoms with Crippen molar-refractivity contribution in [3.05, 3.63) is 47.5 Å². The molecular weight excluding hydrogens is 398 g/mol. The Balaban J connectivity index is 1.17. The molecule has 2 aliphatic heterocycles. The highest BCUT2D eigenvalue weighted by Crippen LogP contribution is 2.33. The number of hydrogen-bond acceptors (Lipinski definition) is 6. The topological polar surface area (TPSA) is 63.7 Å². The van der Waals surface area contributed by atoms with Crippen molar-refractivity contribution in [2.24, 2.45) is 0 Å². The molecule has 1 amide bonds. The summed E-state index contributed by atoms with van der Waals surface area (Å²) in [5.41, 5.74) is 2.03. The van der Waals surface area contributed by atoms with Gasteiger partial charge in [0, 0.05) is 43.7 Å². The number of carbonyl (C=O) groups excluding carboxylic acids is 1. The summed E-state index contributed by atoms with van der Waals surface area (Å²) in [6.07, 6.45) is 3.27. The molecular formula is C23H25N3O3S. The largest absolute Gasteiger partial charge is 0.486 e. The molecule has 1 fully saturated rings. The minimum absolute atomic E-state index is 0.211. The quantitative estimate of drug-likeness (QED) is 0.669. The molecule has 7 heteroatoms. The fraction of sp³-hybridized carbons (Fsp3) is 0.391. The molecule has 30 heavy (non-hydrogen) atoms. The molecule has 0 spiro atoms. The van der Waals surface area contributed by atoms with Crippen molar-refractivity contribution in [1.29, 1.82) is 0 Å². The number of likely N-dealkylation sites (tertiary alicyclic amines) is 1. The third kappa shape index (κ3) is 4.21. The number of rotatable bonds is 5. The number of nitrogens with zero attached hydrogens (tertiary/aromatic N) is 2. The summed E-state index contributed by atoms with van der Waals surface area (Å²) in [5, 5.41) is 4.60. The molecule has 3 heterocycles. The molecule has 3 aromatic rings. The van der Waals surface area contributed by atoms with E-state index in [0.29, 0.717) is 26.1 Å². The van der Waals surface area contributed by atoms with Gasteiger partial charge in [-0.1, -0.05) is 12.1 Å². The number of nitrogens with one attached hydrogen (secondary N) is 1. The maximum absolute atomic E-state index is 12.8. The van der Waals surface area contributed by atoms with Crippen molar-refractivity contribution in [3.8, 4) is 11.5 Å². The highest BCUT2D eigenvalue weighted by atomic mass is 32.1. The van der Waals surface area contributed by atoms with Gasteiger partial charge in [0.25, 0.3) is 0 Å². The van der Waals surface area contributed by atoms with Crippen molar-refractivity contribution >= 4 is 33.1 Å². The summed E-state index contributed by atoms with van der Waals surface area (Å²) in [7, 11) is 0. The third-order valence-corrected chi connectivity index (χ3v) is 6.67. The molecule has 2 aromatic carbocycles. The predicted octanol–water partition coefficient (Wildman–Crippen LogP) is 4.10. The van der Waals surface area contributed by atoms with Crippen LogP contribution in [0, 0.1) is 0 Å². The zero-order valence-corrected chi connectivity index (χ0v) is 17.6. The monoisotopic (exact) mass is 423 g/mol. The fourth-order valence-electron chi connectivity index (χ4n) is 4.09. The van der Waals surface area contributed by atoms with Crippen LogP contribution in [0.5, 0.6) is 11.5 Å². The summed E-state index contributed by atoms with van der Waals surface area (Å²) in [4.78, 5) is 19.5. The molecule has 1 atom stereocenters. The maximum Gasteiger partial charge on any atom is 0.223 e. The summed E-state index contributed by atoms with van der Waals surface area (Å²) < 4.78 is 12.4. The van der Waals surface area contributed by atoms with E-state index in [-0.39, 0.29) is 11.9 Å². The normalized spacial score (nSPS) is 18.4. The van der Waals surface area contributed by atoms with Crippen LogP contribution in [0.2, 0.25) is 0 Å². The SMILES string of the molecule is O=C(CCc1nc2ccccc2s1)N1CCC[C@@H](Nc2ccc3c(c2)OCCO3)C1. The number of thiazole rings is 1. The van der Waals surface area contributed by atoms with E-state index in [0.717, 1.165) is 53.6 Å². The lowest BCUT2D eigenvalue weighted by Crippen LogP contribution is -2.45. The Morgan fingerprint density at radius 2 is 2.03 bits per heavy atom. The van der Waals surface area contributed by atoms with Crippen molar-refractivity contribution < 1.29 is 14.3 Å². The zero-order valence-electron chi connectivity index (χ0n) is 16.8. The number of aromatic nitrogens is 1. The lowest BCUT2D eigenvalue weighted by molar-refractivity contribution is -0.132. The van der Waals surface area contributed by atoms with E-state index < -0.39 is 0 Å². The van der Waals surface area contributed by atoms with E-state index in [2.05, 4.69) is 16.4 Å². The summed E-state index contributed by atoms with van der Waals surface area (Å²) >= 11 is 1.68. The average molecular weight is 424 g/mol. The third-order valence-electron chi connectivity index (χ3n) is 5.58. The van der Waals surface area contributed by atoms with Gasteiger partial charge in [-0.25, -0.2) is 4.98 Å². The Bertz CT molecular complexity index is 1020. The Morgan fingerprint density at radius 1 is 1.17 bits per heavy atom. The van der Waals surface area contributed by atoms with Crippen molar-refractivity contribution in [2.75, 3.05) is 31.6 Å². The Morgan fingerprint density at radius 3 is 2.93 bits per heavy atom. The molecule has 1 aromatic heterocycles. The van der Waals surface area contributed by atoms with E-state index in [1.54, 1.807) is 11.3 Å². The average Bonchev–Trinajstić information content (AvgIpc) is 3.21. The number of fused-ring (bicyclic) bond motifs is 2. The van der Waals surface area contributed by atoms with Gasteiger partial charge >= 0.3 is 0 Å². The van der Waals surface area contributed by atoms with Crippen LogP contribution in [-0.4, -0.2) is 48.1 Å². The summed E-state index contributed by atoms with van der Waals surface area (Å²) in [6, 6.07) is 14.3. The molecule has 2 aliphatic rings. The number of piperidine rings is 1. The molecule has 0 unspecified atom stereocenters. The van der Waals surface area contributed by atoms with E-state index in [1.165, 1.54) is 4.70 Å². The smallest absolute Gasteiger partial charge is 0.223 e. The maximum atomic E-state index is 12.8. The molecule has 0 aliphatic carbocycles. The van der Waals surface area contributed by atoms with E-state index >= 15 is 0 Å². The molecule has 0 radical (unpaired) electrons. The van der Waals surface area contributed by atoms with Crippen LogP contribution in [0.25, 0.3) is 10.2 Å². The summed E-state index contributed by atoms with van der Waals surface area (Å²) in [6.45, 7) is 2.73. The first-order chi connectivity index (χ1) is 14.7.